The summed E-state index contributed by atoms with van der Waals surface area (Å²) in [4.78, 5) is 17.7. The molecular weight excluding hydrogens is 434 g/mol. The number of rotatable bonds is 5. The van der Waals surface area contributed by atoms with Gasteiger partial charge in [-0.15, -0.1) is 0 Å². The second-order valence-electron chi connectivity index (χ2n) is 8.35. The lowest BCUT2D eigenvalue weighted by molar-refractivity contribution is 0.143. The van der Waals surface area contributed by atoms with Gasteiger partial charge in [-0.05, 0) is 42.4 Å². The average molecular weight is 458 g/mol. The molecule has 6 rings (SSSR count). The standard InChI is InChI=1S/C20H23N7O2S2/c28-12-20(5-1-6-20)24-16-15-14(4-11-31(15)29)22-18(23-16)26-8-2-13(3-9-26)17-25-27-10-7-21-19(27)30-17/h2,7,10,28H,1,3-6,8-9,11-12H2,(H,22,23,24)/t31-/m1/s1. The van der Waals surface area contributed by atoms with Crippen molar-refractivity contribution in [3.8, 4) is 0 Å². The molecule has 1 atom stereocenters. The van der Waals surface area contributed by atoms with E-state index in [1.165, 1.54) is 5.57 Å². The van der Waals surface area contributed by atoms with Gasteiger partial charge < -0.3 is 19.9 Å². The van der Waals surface area contributed by atoms with Crippen molar-refractivity contribution in [2.45, 2.75) is 42.5 Å². The zero-order valence-corrected chi connectivity index (χ0v) is 18.6. The summed E-state index contributed by atoms with van der Waals surface area (Å²) in [7, 11) is 0. The van der Waals surface area contributed by atoms with Gasteiger partial charge in [0, 0.05) is 25.7 Å². The maximum Gasteiger partial charge on any atom is 0.228 e. The number of aliphatic hydroxyl groups excluding tert-OH is 1. The van der Waals surface area contributed by atoms with Crippen molar-refractivity contribution in [1.29, 1.82) is 0 Å². The second kappa shape index (κ2) is 7.44. The summed E-state index contributed by atoms with van der Waals surface area (Å²) in [6, 6.07) is 0. The summed E-state index contributed by atoms with van der Waals surface area (Å²) in [6.45, 7) is 1.55. The predicted octanol–water partition coefficient (Wildman–Crippen LogP) is 1.87. The highest BCUT2D eigenvalue weighted by Crippen LogP contribution is 2.39. The van der Waals surface area contributed by atoms with E-state index in [0.29, 0.717) is 30.5 Å². The molecule has 0 aromatic carbocycles. The third-order valence-corrected chi connectivity index (χ3v) is 8.89. The van der Waals surface area contributed by atoms with E-state index in [0.717, 1.165) is 52.8 Å². The summed E-state index contributed by atoms with van der Waals surface area (Å²) in [5.74, 6) is 1.89. The number of aryl methyl sites for hydroxylation is 1. The van der Waals surface area contributed by atoms with E-state index >= 15 is 0 Å². The van der Waals surface area contributed by atoms with Crippen molar-refractivity contribution in [3.05, 3.63) is 29.2 Å². The van der Waals surface area contributed by atoms with Crippen LogP contribution in [0.3, 0.4) is 0 Å². The maximum atomic E-state index is 12.6. The minimum Gasteiger partial charge on any atom is -0.611 e. The first-order valence-corrected chi connectivity index (χ1v) is 12.7. The first-order chi connectivity index (χ1) is 15.1. The summed E-state index contributed by atoms with van der Waals surface area (Å²) < 4.78 is 14.4. The Balaban J connectivity index is 1.28. The Kier molecular flexibility index (Phi) is 4.67. The molecule has 162 valence electrons. The lowest BCUT2D eigenvalue weighted by Gasteiger charge is -2.41. The second-order valence-corrected chi connectivity index (χ2v) is 10.8. The van der Waals surface area contributed by atoms with E-state index in [4.69, 9.17) is 9.97 Å². The van der Waals surface area contributed by atoms with Crippen molar-refractivity contribution in [2.75, 3.05) is 35.7 Å². The molecule has 9 nitrogen and oxygen atoms in total. The smallest absolute Gasteiger partial charge is 0.228 e. The minimum atomic E-state index is -1.09. The van der Waals surface area contributed by atoms with Gasteiger partial charge in [0.05, 0.1) is 18.3 Å². The predicted molar refractivity (Wildman–Crippen MR) is 120 cm³/mol. The Hall–Kier alpha value is -2.21. The third kappa shape index (κ3) is 3.30. The van der Waals surface area contributed by atoms with E-state index < -0.39 is 11.2 Å². The van der Waals surface area contributed by atoms with Gasteiger partial charge in [-0.2, -0.15) is 10.1 Å². The molecule has 3 aromatic heterocycles. The topological polar surface area (TPSA) is 115 Å². The van der Waals surface area contributed by atoms with Gasteiger partial charge in [0.1, 0.15) is 16.5 Å². The molecule has 0 radical (unpaired) electrons. The summed E-state index contributed by atoms with van der Waals surface area (Å²) in [5.41, 5.74) is 1.75. The SMILES string of the molecule is [O-][S@+]1CCc2nc(N3CC=C(c4nn5ccnc5s4)CC3)nc(NC3(CO)CCC3)c21. The fraction of sp³-hybridized carbons (Fsp3) is 0.500. The van der Waals surface area contributed by atoms with Crippen LogP contribution in [0, 0.1) is 0 Å². The highest BCUT2D eigenvalue weighted by Gasteiger charge is 2.40. The average Bonchev–Trinajstić information content (AvgIpc) is 3.46. The van der Waals surface area contributed by atoms with Crippen molar-refractivity contribution in [3.63, 3.8) is 0 Å². The van der Waals surface area contributed by atoms with Crippen LogP contribution in [0.4, 0.5) is 11.8 Å². The van der Waals surface area contributed by atoms with Crippen LogP contribution >= 0.6 is 11.3 Å². The Bertz CT molecular complexity index is 1140. The molecule has 1 aliphatic carbocycles. The van der Waals surface area contributed by atoms with Gasteiger partial charge in [0.2, 0.25) is 15.8 Å². The third-order valence-electron chi connectivity index (χ3n) is 6.41. The van der Waals surface area contributed by atoms with Gasteiger partial charge in [-0.25, -0.2) is 14.5 Å². The van der Waals surface area contributed by atoms with Crippen LogP contribution in [0.25, 0.3) is 10.5 Å². The number of aromatic nitrogens is 5. The number of aliphatic hydroxyl groups is 1. The summed E-state index contributed by atoms with van der Waals surface area (Å²) in [5, 5.41) is 19.0. The molecule has 0 bridgehead atoms. The number of nitrogens with one attached hydrogen (secondary N) is 1. The van der Waals surface area contributed by atoms with E-state index in [9.17, 15) is 9.66 Å². The molecule has 5 heterocycles. The van der Waals surface area contributed by atoms with Gasteiger partial charge in [-0.1, -0.05) is 17.4 Å². The van der Waals surface area contributed by atoms with Crippen molar-refractivity contribution >= 4 is 44.8 Å². The highest BCUT2D eigenvalue weighted by atomic mass is 32.2. The lowest BCUT2D eigenvalue weighted by Crippen LogP contribution is -2.49. The summed E-state index contributed by atoms with van der Waals surface area (Å²) >= 11 is 0.513. The molecule has 3 aliphatic rings. The van der Waals surface area contributed by atoms with Crippen LogP contribution in [-0.2, 0) is 17.6 Å². The van der Waals surface area contributed by atoms with Crippen molar-refractivity contribution < 1.29 is 9.66 Å². The van der Waals surface area contributed by atoms with E-state index in [-0.39, 0.29) is 12.1 Å². The molecule has 2 N–H and O–H groups in total. The van der Waals surface area contributed by atoms with Crippen LogP contribution in [-0.4, -0.2) is 65.2 Å². The van der Waals surface area contributed by atoms with Gasteiger partial charge in [-0.3, -0.25) is 0 Å². The lowest BCUT2D eigenvalue weighted by atomic mass is 9.77. The molecule has 11 heteroatoms. The highest BCUT2D eigenvalue weighted by molar-refractivity contribution is 7.91. The van der Waals surface area contributed by atoms with Crippen LogP contribution in [0.2, 0.25) is 0 Å². The van der Waals surface area contributed by atoms with Crippen LogP contribution in [0.1, 0.15) is 36.4 Å². The van der Waals surface area contributed by atoms with Gasteiger partial charge >= 0.3 is 0 Å². The normalized spacial score (nSPS) is 22.3. The van der Waals surface area contributed by atoms with Crippen LogP contribution in [0.15, 0.2) is 23.4 Å². The molecule has 0 spiro atoms. The maximum absolute atomic E-state index is 12.6. The largest absolute Gasteiger partial charge is 0.611 e. The minimum absolute atomic E-state index is 0.0564. The number of imidazole rings is 1. The number of hydrogen-bond acceptors (Lipinski definition) is 9. The fourth-order valence-corrected chi connectivity index (χ4v) is 6.63. The van der Waals surface area contributed by atoms with Gasteiger partial charge in [0.15, 0.2) is 5.82 Å². The quantitative estimate of drug-likeness (QED) is 0.558. The van der Waals surface area contributed by atoms with E-state index in [1.807, 2.05) is 10.7 Å². The number of anilines is 2. The Morgan fingerprint density at radius 3 is 2.90 bits per heavy atom. The molecule has 0 saturated heterocycles. The fourth-order valence-electron chi connectivity index (χ4n) is 4.40. The zero-order chi connectivity index (χ0) is 21.0. The molecule has 0 unspecified atom stereocenters. The number of hydrogen-bond donors (Lipinski definition) is 2. The summed E-state index contributed by atoms with van der Waals surface area (Å²) in [6.07, 6.45) is 10.2. The number of nitrogens with zero attached hydrogens (tertiary/aromatic N) is 6. The first kappa shape index (κ1) is 19.5. The van der Waals surface area contributed by atoms with Gasteiger partial charge in [0.25, 0.3) is 0 Å². The Morgan fingerprint density at radius 1 is 1.29 bits per heavy atom. The monoisotopic (exact) mass is 457 g/mol. The van der Waals surface area contributed by atoms with Crippen LogP contribution < -0.4 is 10.2 Å². The molecular formula is C20H23N7O2S2. The van der Waals surface area contributed by atoms with Crippen molar-refractivity contribution in [2.24, 2.45) is 0 Å². The molecule has 1 fully saturated rings. The van der Waals surface area contributed by atoms with Crippen molar-refractivity contribution in [1.82, 2.24) is 24.6 Å². The van der Waals surface area contributed by atoms with E-state index in [1.54, 1.807) is 17.5 Å². The van der Waals surface area contributed by atoms with E-state index in [2.05, 4.69) is 26.4 Å². The molecule has 3 aromatic rings. The molecule has 0 amide bonds. The Labute approximate surface area is 186 Å². The zero-order valence-electron chi connectivity index (χ0n) is 17.0. The molecule has 1 saturated carbocycles. The number of fused-ring (bicyclic) bond motifs is 2. The Morgan fingerprint density at radius 2 is 2.19 bits per heavy atom. The molecule has 2 aliphatic heterocycles. The first-order valence-electron chi connectivity index (χ1n) is 10.6. The van der Waals surface area contributed by atoms with Crippen LogP contribution in [0.5, 0.6) is 0 Å². The molecule has 31 heavy (non-hydrogen) atoms.